The van der Waals surface area contributed by atoms with E-state index in [0.717, 1.165) is 23.3 Å². The van der Waals surface area contributed by atoms with Crippen LogP contribution in [0.25, 0.3) is 10.9 Å². The number of rotatable bonds is 7. The molecule has 0 radical (unpaired) electrons. The molecule has 9 heteroatoms. The van der Waals surface area contributed by atoms with Crippen molar-refractivity contribution in [1.82, 2.24) is 10.3 Å². The van der Waals surface area contributed by atoms with E-state index in [4.69, 9.17) is 4.42 Å². The monoisotopic (exact) mass is 484 g/mol. The fourth-order valence-electron chi connectivity index (χ4n) is 3.22. The molecule has 0 aliphatic carbocycles. The van der Waals surface area contributed by atoms with E-state index in [1.54, 1.807) is 18.2 Å². The molecule has 0 atom stereocenters. The van der Waals surface area contributed by atoms with Gasteiger partial charge in [0.1, 0.15) is 0 Å². The summed E-state index contributed by atoms with van der Waals surface area (Å²) in [5.41, 5.74) is 1.80. The topological polar surface area (TPSA) is 72.2 Å². The first-order valence-corrected chi connectivity index (χ1v) is 11.3. The summed E-state index contributed by atoms with van der Waals surface area (Å²) in [5, 5.41) is 3.50. The molecule has 0 fully saturated rings. The smallest absolute Gasteiger partial charge is 0.397 e. The summed E-state index contributed by atoms with van der Waals surface area (Å²) in [6.45, 7) is 0.300. The van der Waals surface area contributed by atoms with Gasteiger partial charge in [0, 0.05) is 12.3 Å². The Kier molecular flexibility index (Phi) is 7.02. The van der Waals surface area contributed by atoms with E-state index in [1.807, 2.05) is 30.3 Å². The van der Waals surface area contributed by atoms with Crippen molar-refractivity contribution in [2.75, 3.05) is 0 Å². The first-order chi connectivity index (χ1) is 16.3. The Hall–Kier alpha value is -3.59. The second kappa shape index (κ2) is 10.1. The fraction of sp³-hybridized carbons (Fsp3) is 0.160. The molecule has 34 heavy (non-hydrogen) atoms. The Morgan fingerprint density at radius 2 is 1.56 bits per heavy atom. The molecule has 174 valence electrons. The summed E-state index contributed by atoms with van der Waals surface area (Å²) in [4.78, 5) is 28.5. The number of nitrogens with zero attached hydrogens (tertiary/aromatic N) is 1. The van der Waals surface area contributed by atoms with Crippen LogP contribution < -0.4 is 10.9 Å². The fourth-order valence-corrected chi connectivity index (χ4v) is 4.00. The first kappa shape index (κ1) is 23.6. The summed E-state index contributed by atoms with van der Waals surface area (Å²) in [6.07, 6.45) is -4.40. The number of aromatic nitrogens is 1. The molecule has 1 aromatic heterocycles. The third-order valence-corrected chi connectivity index (χ3v) is 5.94. The molecule has 4 rings (SSSR count). The lowest BCUT2D eigenvalue weighted by atomic mass is 10.1. The van der Waals surface area contributed by atoms with Crippen LogP contribution in [-0.2, 0) is 29.7 Å². The maximum atomic E-state index is 12.6. The van der Waals surface area contributed by atoms with Crippen molar-refractivity contribution in [3.8, 4) is 0 Å². The van der Waals surface area contributed by atoms with Crippen molar-refractivity contribution in [3.05, 3.63) is 105 Å². The number of para-hydroxylation sites is 1. The first-order valence-electron chi connectivity index (χ1n) is 10.3. The molecule has 0 saturated carbocycles. The van der Waals surface area contributed by atoms with Gasteiger partial charge in [-0.25, -0.2) is 9.78 Å². The van der Waals surface area contributed by atoms with Crippen LogP contribution in [0.15, 0.2) is 87.2 Å². The predicted octanol–water partition coefficient (Wildman–Crippen LogP) is 5.36. The number of halogens is 3. The Bertz CT molecular complexity index is 1350. The predicted molar refractivity (Wildman–Crippen MR) is 123 cm³/mol. The molecule has 3 aromatic carbocycles. The summed E-state index contributed by atoms with van der Waals surface area (Å²) >= 11 is 1.31. The quantitative estimate of drug-likeness (QED) is 0.358. The van der Waals surface area contributed by atoms with Gasteiger partial charge in [-0.2, -0.15) is 13.2 Å². The third kappa shape index (κ3) is 6.05. The van der Waals surface area contributed by atoms with Gasteiger partial charge in [0.25, 0.3) is 5.22 Å². The molecule has 0 bridgehead atoms. The lowest BCUT2D eigenvalue weighted by molar-refractivity contribution is -0.137. The van der Waals surface area contributed by atoms with Crippen LogP contribution in [0.1, 0.15) is 22.3 Å². The van der Waals surface area contributed by atoms with Crippen molar-refractivity contribution in [2.24, 2.45) is 0 Å². The molecule has 0 aliphatic rings. The largest absolute Gasteiger partial charge is 0.416 e. The van der Waals surface area contributed by atoms with Crippen molar-refractivity contribution >= 4 is 28.6 Å². The van der Waals surface area contributed by atoms with Crippen LogP contribution in [-0.4, -0.2) is 10.9 Å². The summed E-state index contributed by atoms with van der Waals surface area (Å²) in [7, 11) is 0. The number of fused-ring (bicyclic) bond motifs is 1. The average Bonchev–Trinajstić information content (AvgIpc) is 2.82. The van der Waals surface area contributed by atoms with Crippen LogP contribution in [0.2, 0.25) is 0 Å². The van der Waals surface area contributed by atoms with Crippen LogP contribution in [0.4, 0.5) is 13.2 Å². The van der Waals surface area contributed by atoms with Gasteiger partial charge >= 0.3 is 11.8 Å². The lowest BCUT2D eigenvalue weighted by Crippen LogP contribution is -2.24. The van der Waals surface area contributed by atoms with Crippen molar-refractivity contribution in [2.45, 2.75) is 30.1 Å². The van der Waals surface area contributed by atoms with Gasteiger partial charge in [-0.05, 0) is 41.0 Å². The zero-order valence-corrected chi connectivity index (χ0v) is 18.6. The normalized spacial score (nSPS) is 11.5. The highest BCUT2D eigenvalue weighted by atomic mass is 32.2. The number of hydrogen-bond acceptors (Lipinski definition) is 5. The number of carbonyl (C=O) groups is 1. The molecule has 0 aliphatic heterocycles. The molecular formula is C25H19F3N2O3S. The van der Waals surface area contributed by atoms with E-state index in [-0.39, 0.29) is 12.3 Å². The lowest BCUT2D eigenvalue weighted by Gasteiger charge is -2.09. The Labute approximate surface area is 197 Å². The van der Waals surface area contributed by atoms with Crippen molar-refractivity contribution < 1.29 is 22.4 Å². The van der Waals surface area contributed by atoms with Crippen LogP contribution in [0.5, 0.6) is 0 Å². The van der Waals surface area contributed by atoms with E-state index < -0.39 is 17.4 Å². The molecular weight excluding hydrogens is 465 g/mol. The maximum Gasteiger partial charge on any atom is 0.416 e. The molecule has 1 N–H and O–H groups in total. The highest BCUT2D eigenvalue weighted by Gasteiger charge is 2.29. The molecule has 0 unspecified atom stereocenters. The number of nitrogens with one attached hydrogen (secondary N) is 1. The van der Waals surface area contributed by atoms with Crippen molar-refractivity contribution in [1.29, 1.82) is 0 Å². The van der Waals surface area contributed by atoms with E-state index in [0.29, 0.717) is 34.0 Å². The van der Waals surface area contributed by atoms with Crippen LogP contribution in [0.3, 0.4) is 0 Å². The van der Waals surface area contributed by atoms with Gasteiger partial charge < -0.3 is 9.73 Å². The van der Waals surface area contributed by atoms with Crippen molar-refractivity contribution in [3.63, 3.8) is 0 Å². The highest BCUT2D eigenvalue weighted by Crippen LogP contribution is 2.29. The zero-order valence-electron chi connectivity index (χ0n) is 17.8. The summed E-state index contributed by atoms with van der Waals surface area (Å²) < 4.78 is 43.1. The van der Waals surface area contributed by atoms with Gasteiger partial charge in [0.15, 0.2) is 0 Å². The van der Waals surface area contributed by atoms with E-state index >= 15 is 0 Å². The Morgan fingerprint density at radius 1 is 0.912 bits per heavy atom. The van der Waals surface area contributed by atoms with Crippen LogP contribution >= 0.6 is 11.8 Å². The van der Waals surface area contributed by atoms with E-state index in [9.17, 15) is 22.8 Å². The number of hydrogen-bond donors (Lipinski definition) is 1. The van der Waals surface area contributed by atoms with E-state index in [2.05, 4.69) is 10.3 Å². The minimum atomic E-state index is -4.40. The molecule has 1 amide bonds. The standard InChI is InChI=1S/C25H19F3N2O3S/c26-25(27,28)19-11-9-16(10-12-19)13-22(31)29-14-17-5-7-18(8-6-17)15-34-24-30-21-4-2-1-3-20(21)23(32)33-24/h1-12H,13-15H2,(H,29,31). The average molecular weight is 484 g/mol. The second-order valence-corrected chi connectivity index (χ2v) is 8.46. The molecule has 0 saturated heterocycles. The second-order valence-electron chi connectivity index (χ2n) is 7.54. The third-order valence-electron chi connectivity index (χ3n) is 5.04. The number of carbonyl (C=O) groups excluding carboxylic acids is 1. The summed E-state index contributed by atoms with van der Waals surface area (Å²) in [6, 6.07) is 19.1. The van der Waals surface area contributed by atoms with Crippen LogP contribution in [0, 0.1) is 0 Å². The SMILES string of the molecule is O=C(Cc1ccc(C(F)(F)F)cc1)NCc1ccc(CSc2nc3ccccc3c(=O)o2)cc1. The van der Waals surface area contributed by atoms with Gasteiger partial charge in [-0.3, -0.25) is 4.79 Å². The number of thioether (sulfide) groups is 1. The molecule has 5 nitrogen and oxygen atoms in total. The van der Waals surface area contributed by atoms with Gasteiger partial charge in [0.05, 0.1) is 22.9 Å². The zero-order chi connectivity index (χ0) is 24.1. The number of benzene rings is 3. The van der Waals surface area contributed by atoms with Gasteiger partial charge in [-0.15, -0.1) is 0 Å². The maximum absolute atomic E-state index is 12.6. The molecule has 1 heterocycles. The Balaban J connectivity index is 1.27. The molecule has 4 aromatic rings. The van der Waals surface area contributed by atoms with Gasteiger partial charge in [-0.1, -0.05) is 60.3 Å². The minimum absolute atomic E-state index is 0.00315. The number of amides is 1. The minimum Gasteiger partial charge on any atom is -0.397 e. The Morgan fingerprint density at radius 3 is 2.26 bits per heavy atom. The molecule has 0 spiro atoms. The summed E-state index contributed by atoms with van der Waals surface area (Å²) in [5.74, 6) is 0.270. The van der Waals surface area contributed by atoms with E-state index in [1.165, 1.54) is 23.9 Å². The number of alkyl halides is 3. The highest BCUT2D eigenvalue weighted by molar-refractivity contribution is 7.98. The van der Waals surface area contributed by atoms with Gasteiger partial charge in [0.2, 0.25) is 5.91 Å².